The van der Waals surface area contributed by atoms with Crippen molar-refractivity contribution in [2.45, 2.75) is 50.7 Å². The van der Waals surface area contributed by atoms with Gasteiger partial charge >= 0.3 is 0 Å². The Labute approximate surface area is 128 Å². The van der Waals surface area contributed by atoms with Crippen molar-refractivity contribution in [3.05, 3.63) is 35.4 Å². The van der Waals surface area contributed by atoms with E-state index in [1.165, 1.54) is 11.1 Å². The number of hydrogen-bond acceptors (Lipinski definition) is 3. The first-order valence-electron chi connectivity index (χ1n) is 8.26. The third kappa shape index (κ3) is 4.06. The monoisotopic (exact) mass is 289 g/mol. The minimum absolute atomic E-state index is 0.0947. The molecule has 1 unspecified atom stereocenters. The molecule has 2 aliphatic rings. The van der Waals surface area contributed by atoms with Crippen LogP contribution >= 0.6 is 0 Å². The second-order valence-electron chi connectivity index (χ2n) is 6.53. The molecule has 0 amide bonds. The van der Waals surface area contributed by atoms with Crippen molar-refractivity contribution in [2.75, 3.05) is 26.4 Å². The molecule has 1 N–H and O–H groups in total. The van der Waals surface area contributed by atoms with Gasteiger partial charge in [0.15, 0.2) is 0 Å². The van der Waals surface area contributed by atoms with Gasteiger partial charge in [0.05, 0.1) is 5.60 Å². The van der Waals surface area contributed by atoms with Crippen molar-refractivity contribution in [2.24, 2.45) is 0 Å². The fourth-order valence-electron chi connectivity index (χ4n) is 3.58. The van der Waals surface area contributed by atoms with Gasteiger partial charge in [-0.1, -0.05) is 29.8 Å². The predicted molar refractivity (Wildman–Crippen MR) is 84.6 cm³/mol. The maximum absolute atomic E-state index is 6.10. The van der Waals surface area contributed by atoms with E-state index in [0.717, 1.165) is 58.5 Å². The van der Waals surface area contributed by atoms with Crippen LogP contribution in [-0.4, -0.2) is 38.0 Å². The lowest BCUT2D eigenvalue weighted by Crippen LogP contribution is -2.50. The van der Waals surface area contributed by atoms with Gasteiger partial charge in [0.25, 0.3) is 0 Å². The fraction of sp³-hybridized carbons (Fsp3) is 0.667. The lowest BCUT2D eigenvalue weighted by molar-refractivity contribution is -0.140. The Morgan fingerprint density at radius 2 is 2.10 bits per heavy atom. The van der Waals surface area contributed by atoms with Crippen LogP contribution < -0.4 is 5.32 Å². The Morgan fingerprint density at radius 1 is 1.24 bits per heavy atom. The van der Waals surface area contributed by atoms with E-state index in [2.05, 4.69) is 36.5 Å². The van der Waals surface area contributed by atoms with Gasteiger partial charge in [-0.3, -0.25) is 0 Å². The molecule has 0 aliphatic carbocycles. The highest BCUT2D eigenvalue weighted by Gasteiger charge is 2.38. The van der Waals surface area contributed by atoms with E-state index >= 15 is 0 Å². The highest BCUT2D eigenvalue weighted by molar-refractivity contribution is 5.22. The van der Waals surface area contributed by atoms with E-state index in [-0.39, 0.29) is 5.60 Å². The number of benzene rings is 1. The molecule has 1 spiro atoms. The summed E-state index contributed by atoms with van der Waals surface area (Å²) in [6.45, 7) is 5.82. The third-order valence-corrected chi connectivity index (χ3v) is 4.83. The van der Waals surface area contributed by atoms with Crippen LogP contribution in [0.15, 0.2) is 24.3 Å². The summed E-state index contributed by atoms with van der Waals surface area (Å²) in [5.74, 6) is 0. The molecule has 1 aromatic carbocycles. The summed E-state index contributed by atoms with van der Waals surface area (Å²) in [6, 6.07) is 9.41. The SMILES string of the molecule is Cc1cccc(CCNC2CCOC3(CCOCC3)C2)c1. The molecule has 2 saturated heterocycles. The largest absolute Gasteiger partial charge is 0.381 e. The first-order valence-corrected chi connectivity index (χ1v) is 8.26. The van der Waals surface area contributed by atoms with Crippen LogP contribution in [0, 0.1) is 6.92 Å². The zero-order valence-electron chi connectivity index (χ0n) is 13.1. The van der Waals surface area contributed by atoms with E-state index < -0.39 is 0 Å². The molecular weight excluding hydrogens is 262 g/mol. The lowest BCUT2D eigenvalue weighted by atomic mass is 9.84. The highest BCUT2D eigenvalue weighted by Crippen LogP contribution is 2.34. The number of ether oxygens (including phenoxy) is 2. The topological polar surface area (TPSA) is 30.5 Å². The van der Waals surface area contributed by atoms with Crippen LogP contribution in [0.3, 0.4) is 0 Å². The Hall–Kier alpha value is -0.900. The van der Waals surface area contributed by atoms with E-state index in [1.54, 1.807) is 0 Å². The van der Waals surface area contributed by atoms with E-state index in [1.807, 2.05) is 0 Å². The molecule has 0 bridgehead atoms. The standard InChI is InChI=1S/C18H27NO2/c1-15-3-2-4-16(13-15)5-9-19-17-6-10-21-18(14-17)7-11-20-12-8-18/h2-4,13,17,19H,5-12,14H2,1H3. The molecule has 116 valence electrons. The Bertz CT molecular complexity index is 449. The summed E-state index contributed by atoms with van der Waals surface area (Å²) in [4.78, 5) is 0. The molecule has 2 aliphatic heterocycles. The number of rotatable bonds is 4. The zero-order chi connectivity index (χ0) is 14.5. The first-order chi connectivity index (χ1) is 10.3. The molecule has 1 atom stereocenters. The van der Waals surface area contributed by atoms with Gasteiger partial charge < -0.3 is 14.8 Å². The Morgan fingerprint density at radius 3 is 2.90 bits per heavy atom. The highest BCUT2D eigenvalue weighted by atomic mass is 16.5. The number of hydrogen-bond donors (Lipinski definition) is 1. The van der Waals surface area contributed by atoms with E-state index in [9.17, 15) is 0 Å². The van der Waals surface area contributed by atoms with Crippen LogP contribution in [0.1, 0.15) is 36.8 Å². The minimum Gasteiger partial charge on any atom is -0.381 e. The lowest BCUT2D eigenvalue weighted by Gasteiger charge is -2.43. The van der Waals surface area contributed by atoms with Crippen molar-refractivity contribution < 1.29 is 9.47 Å². The molecule has 3 nitrogen and oxygen atoms in total. The fourth-order valence-corrected chi connectivity index (χ4v) is 3.58. The van der Waals surface area contributed by atoms with Gasteiger partial charge in [-0.25, -0.2) is 0 Å². The van der Waals surface area contributed by atoms with Gasteiger partial charge in [0, 0.05) is 25.9 Å². The summed E-state index contributed by atoms with van der Waals surface area (Å²) >= 11 is 0. The summed E-state index contributed by atoms with van der Waals surface area (Å²) < 4.78 is 11.6. The summed E-state index contributed by atoms with van der Waals surface area (Å²) in [6.07, 6.45) is 5.50. The van der Waals surface area contributed by atoms with Crippen LogP contribution in [-0.2, 0) is 15.9 Å². The zero-order valence-corrected chi connectivity index (χ0v) is 13.1. The van der Waals surface area contributed by atoms with Crippen molar-refractivity contribution in [3.8, 4) is 0 Å². The summed E-state index contributed by atoms with van der Waals surface area (Å²) in [5, 5.41) is 3.74. The average molecular weight is 289 g/mol. The molecule has 3 rings (SSSR count). The molecule has 1 aromatic rings. The van der Waals surface area contributed by atoms with Crippen molar-refractivity contribution >= 4 is 0 Å². The Balaban J connectivity index is 1.46. The van der Waals surface area contributed by atoms with E-state index in [4.69, 9.17) is 9.47 Å². The molecular formula is C18H27NO2. The van der Waals surface area contributed by atoms with E-state index in [0.29, 0.717) is 6.04 Å². The van der Waals surface area contributed by atoms with Crippen LogP contribution in [0.5, 0.6) is 0 Å². The molecule has 0 radical (unpaired) electrons. The second-order valence-corrected chi connectivity index (χ2v) is 6.53. The normalized spacial score (nSPS) is 25.1. The van der Waals surface area contributed by atoms with Gasteiger partial charge in [-0.05, 0) is 51.1 Å². The van der Waals surface area contributed by atoms with Crippen molar-refractivity contribution in [3.63, 3.8) is 0 Å². The summed E-state index contributed by atoms with van der Waals surface area (Å²) in [5.41, 5.74) is 2.87. The quantitative estimate of drug-likeness (QED) is 0.924. The van der Waals surface area contributed by atoms with Gasteiger partial charge in [-0.15, -0.1) is 0 Å². The second kappa shape index (κ2) is 6.91. The molecule has 0 aromatic heterocycles. The first kappa shape index (κ1) is 15.0. The van der Waals surface area contributed by atoms with Crippen LogP contribution in [0.25, 0.3) is 0 Å². The Kier molecular flexibility index (Phi) is 4.94. The number of aryl methyl sites for hydroxylation is 1. The minimum atomic E-state index is 0.0947. The smallest absolute Gasteiger partial charge is 0.0741 e. The van der Waals surface area contributed by atoms with Crippen molar-refractivity contribution in [1.29, 1.82) is 0 Å². The molecule has 3 heteroatoms. The molecule has 2 fully saturated rings. The van der Waals surface area contributed by atoms with Crippen molar-refractivity contribution in [1.82, 2.24) is 5.32 Å². The van der Waals surface area contributed by atoms with Gasteiger partial charge in [0.1, 0.15) is 0 Å². The molecule has 21 heavy (non-hydrogen) atoms. The van der Waals surface area contributed by atoms with Gasteiger partial charge in [0.2, 0.25) is 0 Å². The average Bonchev–Trinajstić information content (AvgIpc) is 2.48. The maximum atomic E-state index is 6.10. The maximum Gasteiger partial charge on any atom is 0.0741 e. The molecule has 0 saturated carbocycles. The predicted octanol–water partition coefficient (Wildman–Crippen LogP) is 2.86. The van der Waals surface area contributed by atoms with Gasteiger partial charge in [-0.2, -0.15) is 0 Å². The number of nitrogens with one attached hydrogen (secondary N) is 1. The summed E-state index contributed by atoms with van der Waals surface area (Å²) in [7, 11) is 0. The van der Waals surface area contributed by atoms with Crippen LogP contribution in [0.4, 0.5) is 0 Å². The third-order valence-electron chi connectivity index (χ3n) is 4.83. The van der Waals surface area contributed by atoms with Crippen LogP contribution in [0.2, 0.25) is 0 Å². The molecule has 2 heterocycles.